The number of hydrogen-bond donors (Lipinski definition) is 1. The maximum atomic E-state index is 8.84. The summed E-state index contributed by atoms with van der Waals surface area (Å²) in [4.78, 5) is 2.14. The molecule has 1 saturated heterocycles. The van der Waals surface area contributed by atoms with E-state index in [1.165, 1.54) is 0 Å². The molecule has 2 heterocycles. The van der Waals surface area contributed by atoms with E-state index in [1.54, 1.807) is 6.26 Å². The molecule has 1 aliphatic rings. The molecule has 1 fully saturated rings. The molecule has 0 aliphatic carbocycles. The van der Waals surface area contributed by atoms with Crippen LogP contribution in [0.15, 0.2) is 22.8 Å². The fraction of sp³-hybridized carbons (Fsp3) is 0.500. The third-order valence-corrected chi connectivity index (χ3v) is 2.56. The van der Waals surface area contributed by atoms with E-state index in [4.69, 9.17) is 15.4 Å². The Morgan fingerprint density at radius 1 is 1.71 bits per heavy atom. The number of nitrogens with zero attached hydrogens (tertiary/aromatic N) is 2. The van der Waals surface area contributed by atoms with Crippen molar-refractivity contribution in [2.45, 2.75) is 18.5 Å². The minimum absolute atomic E-state index is 0.629. The average molecular weight is 191 g/mol. The van der Waals surface area contributed by atoms with Gasteiger partial charge in [-0.1, -0.05) is 0 Å². The topological polar surface area (TPSA) is 66.2 Å². The summed E-state index contributed by atoms with van der Waals surface area (Å²) in [6, 6.07) is 5.96. The van der Waals surface area contributed by atoms with Gasteiger partial charge in [-0.3, -0.25) is 4.90 Å². The maximum Gasteiger partial charge on any atom is 0.118 e. The van der Waals surface area contributed by atoms with Crippen molar-refractivity contribution in [3.05, 3.63) is 24.2 Å². The summed E-state index contributed by atoms with van der Waals surface area (Å²) in [7, 11) is 0. The first kappa shape index (κ1) is 9.25. The van der Waals surface area contributed by atoms with Crippen molar-refractivity contribution in [2.75, 3.05) is 13.1 Å². The second-order valence-electron chi connectivity index (χ2n) is 3.81. The monoisotopic (exact) mass is 191 g/mol. The van der Waals surface area contributed by atoms with Gasteiger partial charge >= 0.3 is 0 Å². The predicted molar refractivity (Wildman–Crippen MR) is 51.1 cm³/mol. The van der Waals surface area contributed by atoms with Crippen LogP contribution in [0.3, 0.4) is 0 Å². The number of nitrogens with two attached hydrogens (primary N) is 1. The summed E-state index contributed by atoms with van der Waals surface area (Å²) in [6.45, 7) is 2.24. The minimum Gasteiger partial charge on any atom is -0.468 e. The molecule has 2 N–H and O–H groups in total. The van der Waals surface area contributed by atoms with Gasteiger partial charge in [-0.05, 0) is 18.6 Å². The van der Waals surface area contributed by atoms with Gasteiger partial charge in [0.05, 0.1) is 18.9 Å². The molecular formula is C10H13N3O. The van der Waals surface area contributed by atoms with E-state index in [2.05, 4.69) is 11.0 Å². The Bertz CT molecular complexity index is 341. The highest BCUT2D eigenvalue weighted by Gasteiger charge is 2.34. The van der Waals surface area contributed by atoms with E-state index in [1.807, 2.05) is 12.1 Å². The molecule has 4 heteroatoms. The van der Waals surface area contributed by atoms with E-state index in [0.29, 0.717) is 6.54 Å². The van der Waals surface area contributed by atoms with Gasteiger partial charge in [0, 0.05) is 13.1 Å². The van der Waals surface area contributed by atoms with Gasteiger partial charge in [0.2, 0.25) is 0 Å². The first-order chi connectivity index (χ1) is 6.72. The quantitative estimate of drug-likeness (QED) is 0.747. The van der Waals surface area contributed by atoms with Crippen molar-refractivity contribution in [3.63, 3.8) is 0 Å². The Morgan fingerprint density at radius 2 is 2.57 bits per heavy atom. The lowest BCUT2D eigenvalue weighted by molar-refractivity contribution is 0.288. The van der Waals surface area contributed by atoms with Gasteiger partial charge in [0.1, 0.15) is 11.3 Å². The van der Waals surface area contributed by atoms with Crippen LogP contribution in [0.4, 0.5) is 0 Å². The van der Waals surface area contributed by atoms with E-state index in [-0.39, 0.29) is 0 Å². The second kappa shape index (κ2) is 3.45. The molecule has 4 nitrogen and oxygen atoms in total. The van der Waals surface area contributed by atoms with Crippen LogP contribution >= 0.6 is 0 Å². The molecule has 0 radical (unpaired) electrons. The average Bonchev–Trinajstić information content (AvgIpc) is 2.78. The highest BCUT2D eigenvalue weighted by molar-refractivity contribution is 5.11. The normalized spacial score (nSPS) is 27.7. The predicted octanol–water partition coefficient (Wildman–Crippen LogP) is 0.706. The van der Waals surface area contributed by atoms with Crippen LogP contribution in [0.25, 0.3) is 0 Å². The van der Waals surface area contributed by atoms with Crippen molar-refractivity contribution in [2.24, 2.45) is 5.73 Å². The maximum absolute atomic E-state index is 8.84. The molecule has 0 saturated carbocycles. The summed E-state index contributed by atoms with van der Waals surface area (Å²) >= 11 is 0. The number of furan rings is 1. The van der Waals surface area contributed by atoms with Crippen LogP contribution < -0.4 is 5.73 Å². The van der Waals surface area contributed by atoms with E-state index in [9.17, 15) is 0 Å². The zero-order chi connectivity index (χ0) is 10.0. The molecule has 1 aromatic heterocycles. The summed E-state index contributed by atoms with van der Waals surface area (Å²) < 4.78 is 5.23. The molecule has 1 aliphatic heterocycles. The fourth-order valence-electron chi connectivity index (χ4n) is 1.76. The molecular weight excluding hydrogens is 178 g/mol. The first-order valence-corrected chi connectivity index (χ1v) is 4.67. The molecule has 1 atom stereocenters. The van der Waals surface area contributed by atoms with Crippen LogP contribution in [-0.2, 0) is 6.54 Å². The first-order valence-electron chi connectivity index (χ1n) is 4.67. The van der Waals surface area contributed by atoms with Crippen LogP contribution in [-0.4, -0.2) is 23.5 Å². The van der Waals surface area contributed by atoms with Gasteiger partial charge in [-0.15, -0.1) is 0 Å². The molecule has 14 heavy (non-hydrogen) atoms. The zero-order valence-electron chi connectivity index (χ0n) is 7.94. The van der Waals surface area contributed by atoms with Crippen molar-refractivity contribution in [1.82, 2.24) is 4.90 Å². The van der Waals surface area contributed by atoms with E-state index >= 15 is 0 Å². The lowest BCUT2D eigenvalue weighted by Gasteiger charge is -2.16. The highest BCUT2D eigenvalue weighted by atomic mass is 16.3. The number of likely N-dealkylation sites (tertiary alicyclic amines) is 1. The van der Waals surface area contributed by atoms with Crippen molar-refractivity contribution >= 4 is 0 Å². The van der Waals surface area contributed by atoms with Crippen LogP contribution in [0.2, 0.25) is 0 Å². The Morgan fingerprint density at radius 3 is 3.14 bits per heavy atom. The molecule has 0 spiro atoms. The summed E-state index contributed by atoms with van der Waals surface area (Å²) in [6.07, 6.45) is 2.40. The third kappa shape index (κ3) is 1.79. The summed E-state index contributed by atoms with van der Waals surface area (Å²) in [5.74, 6) is 0.923. The lowest BCUT2D eigenvalue weighted by Crippen LogP contribution is -2.40. The largest absolute Gasteiger partial charge is 0.468 e. The van der Waals surface area contributed by atoms with Gasteiger partial charge in [-0.25, -0.2) is 0 Å². The molecule has 74 valence electrons. The molecule has 1 aromatic rings. The van der Waals surface area contributed by atoms with Crippen LogP contribution in [0.5, 0.6) is 0 Å². The molecule has 2 rings (SSSR count). The van der Waals surface area contributed by atoms with Gasteiger partial charge in [0.25, 0.3) is 0 Å². The van der Waals surface area contributed by atoms with E-state index < -0.39 is 5.54 Å². The van der Waals surface area contributed by atoms with Crippen LogP contribution in [0.1, 0.15) is 12.2 Å². The van der Waals surface area contributed by atoms with Crippen molar-refractivity contribution < 1.29 is 4.42 Å². The molecule has 1 unspecified atom stereocenters. The Labute approximate surface area is 82.9 Å². The molecule has 0 amide bonds. The van der Waals surface area contributed by atoms with Gasteiger partial charge < -0.3 is 10.2 Å². The van der Waals surface area contributed by atoms with Gasteiger partial charge in [-0.2, -0.15) is 5.26 Å². The Balaban J connectivity index is 1.95. The third-order valence-electron chi connectivity index (χ3n) is 2.56. The molecule has 0 bridgehead atoms. The zero-order valence-corrected chi connectivity index (χ0v) is 7.94. The number of nitriles is 1. The van der Waals surface area contributed by atoms with E-state index in [0.717, 1.165) is 25.3 Å². The summed E-state index contributed by atoms with van der Waals surface area (Å²) in [5, 5.41) is 8.84. The second-order valence-corrected chi connectivity index (χ2v) is 3.81. The Hall–Kier alpha value is -1.31. The smallest absolute Gasteiger partial charge is 0.118 e. The summed E-state index contributed by atoms with van der Waals surface area (Å²) in [5.41, 5.74) is 5.18. The van der Waals surface area contributed by atoms with Gasteiger partial charge in [0.15, 0.2) is 0 Å². The minimum atomic E-state index is -0.660. The lowest BCUT2D eigenvalue weighted by atomic mass is 10.0. The van der Waals surface area contributed by atoms with Crippen LogP contribution in [0, 0.1) is 11.3 Å². The van der Waals surface area contributed by atoms with Crippen molar-refractivity contribution in [1.29, 1.82) is 5.26 Å². The Kier molecular flexibility index (Phi) is 2.28. The fourth-order valence-corrected chi connectivity index (χ4v) is 1.76. The van der Waals surface area contributed by atoms with Crippen molar-refractivity contribution in [3.8, 4) is 6.07 Å². The highest BCUT2D eigenvalue weighted by Crippen LogP contribution is 2.19. The SMILES string of the molecule is N#CC1(N)CCN(Cc2ccco2)C1. The standard InChI is InChI=1S/C10H13N3O/c11-7-10(12)3-4-13(8-10)6-9-2-1-5-14-9/h1-2,5H,3-4,6,8,12H2. The number of rotatable bonds is 2. The number of hydrogen-bond acceptors (Lipinski definition) is 4. The molecule has 0 aromatic carbocycles.